The molecule has 0 aliphatic carbocycles. The summed E-state index contributed by atoms with van der Waals surface area (Å²) in [6, 6.07) is 1.33. The van der Waals surface area contributed by atoms with Gasteiger partial charge in [-0.1, -0.05) is 11.6 Å². The second-order valence-corrected chi connectivity index (χ2v) is 3.30. The third-order valence-electron chi connectivity index (χ3n) is 1.36. The highest BCUT2D eigenvalue weighted by molar-refractivity contribution is 6.32. The molecule has 1 heterocycles. The van der Waals surface area contributed by atoms with Gasteiger partial charge in [0.25, 0.3) is 0 Å². The van der Waals surface area contributed by atoms with E-state index in [1.165, 1.54) is 6.07 Å². The van der Waals surface area contributed by atoms with Crippen LogP contribution in [-0.4, -0.2) is 16.0 Å². The maximum atomic E-state index is 10.4. The molecule has 14 heavy (non-hydrogen) atoms. The normalized spacial score (nSPS) is 10.3. The molecule has 0 fully saturated rings. The van der Waals surface area contributed by atoms with Crippen molar-refractivity contribution in [2.24, 2.45) is 0 Å². The largest absolute Gasteiger partial charge is 0.475 e. The Bertz CT molecular complexity index is 354. The summed E-state index contributed by atoms with van der Waals surface area (Å²) in [5.74, 6) is 0.288. The van der Waals surface area contributed by atoms with Crippen LogP contribution in [0.4, 0.5) is 5.69 Å². The van der Waals surface area contributed by atoms with Crippen molar-refractivity contribution < 1.29 is 9.66 Å². The molecule has 0 radical (unpaired) electrons. The Morgan fingerprint density at radius 2 is 2.29 bits per heavy atom. The molecule has 1 rings (SSSR count). The highest BCUT2D eigenvalue weighted by atomic mass is 35.5. The molecule has 0 bridgehead atoms. The van der Waals surface area contributed by atoms with Gasteiger partial charge >= 0.3 is 5.69 Å². The topological polar surface area (TPSA) is 65.3 Å². The van der Waals surface area contributed by atoms with E-state index < -0.39 is 4.92 Å². The fourth-order valence-electron chi connectivity index (χ4n) is 0.846. The summed E-state index contributed by atoms with van der Waals surface area (Å²) >= 11 is 5.65. The summed E-state index contributed by atoms with van der Waals surface area (Å²) < 4.78 is 5.21. The van der Waals surface area contributed by atoms with Gasteiger partial charge in [0, 0.05) is 6.07 Å². The van der Waals surface area contributed by atoms with E-state index in [0.717, 1.165) is 6.20 Å². The zero-order valence-corrected chi connectivity index (χ0v) is 8.49. The van der Waals surface area contributed by atoms with Crippen LogP contribution < -0.4 is 4.74 Å². The molecule has 1 aromatic heterocycles. The van der Waals surface area contributed by atoms with Gasteiger partial charge in [-0.05, 0) is 13.8 Å². The third kappa shape index (κ3) is 2.56. The number of ether oxygens (including phenoxy) is 1. The molecular formula is C8H9ClN2O3. The maximum absolute atomic E-state index is 10.4. The number of aromatic nitrogens is 1. The summed E-state index contributed by atoms with van der Waals surface area (Å²) in [5.41, 5.74) is -0.220. The lowest BCUT2D eigenvalue weighted by Gasteiger charge is -2.07. The van der Waals surface area contributed by atoms with Crippen LogP contribution in [0.3, 0.4) is 0 Å². The zero-order valence-electron chi connectivity index (χ0n) is 7.73. The van der Waals surface area contributed by atoms with E-state index in [9.17, 15) is 10.1 Å². The van der Waals surface area contributed by atoms with Crippen LogP contribution in [0.1, 0.15) is 13.8 Å². The summed E-state index contributed by atoms with van der Waals surface area (Å²) in [5, 5.41) is 10.4. The lowest BCUT2D eigenvalue weighted by atomic mass is 10.4. The second kappa shape index (κ2) is 4.23. The predicted octanol–water partition coefficient (Wildman–Crippen LogP) is 2.43. The van der Waals surface area contributed by atoms with Gasteiger partial charge in [-0.3, -0.25) is 10.1 Å². The van der Waals surface area contributed by atoms with E-state index in [1.807, 2.05) is 13.8 Å². The third-order valence-corrected chi connectivity index (χ3v) is 1.66. The van der Waals surface area contributed by atoms with E-state index in [-0.39, 0.29) is 22.7 Å². The van der Waals surface area contributed by atoms with Gasteiger partial charge < -0.3 is 4.74 Å². The van der Waals surface area contributed by atoms with Crippen molar-refractivity contribution in [3.05, 3.63) is 27.4 Å². The van der Waals surface area contributed by atoms with Gasteiger partial charge in [-0.2, -0.15) is 0 Å². The van der Waals surface area contributed by atoms with Crippen molar-refractivity contribution in [3.63, 3.8) is 0 Å². The highest BCUT2D eigenvalue weighted by Crippen LogP contribution is 2.26. The monoisotopic (exact) mass is 216 g/mol. The van der Waals surface area contributed by atoms with Crippen molar-refractivity contribution >= 4 is 17.3 Å². The lowest BCUT2D eigenvalue weighted by Crippen LogP contribution is -2.07. The Hall–Kier alpha value is -1.36. The molecule has 1 aromatic rings. The Kier molecular flexibility index (Phi) is 3.24. The van der Waals surface area contributed by atoms with Gasteiger partial charge in [0.05, 0.1) is 11.0 Å². The summed E-state index contributed by atoms with van der Waals surface area (Å²) in [4.78, 5) is 13.6. The fourth-order valence-corrected chi connectivity index (χ4v) is 1.06. The van der Waals surface area contributed by atoms with Crippen molar-refractivity contribution in [1.82, 2.24) is 4.98 Å². The van der Waals surface area contributed by atoms with E-state index in [1.54, 1.807) is 0 Å². The molecule has 0 saturated heterocycles. The van der Waals surface area contributed by atoms with Crippen LogP contribution in [0.2, 0.25) is 5.02 Å². The van der Waals surface area contributed by atoms with Crippen molar-refractivity contribution in [2.75, 3.05) is 0 Å². The quantitative estimate of drug-likeness (QED) is 0.575. The minimum absolute atomic E-state index is 0.0284. The molecule has 0 aliphatic heterocycles. The van der Waals surface area contributed by atoms with Gasteiger partial charge in [0.2, 0.25) is 5.88 Å². The van der Waals surface area contributed by atoms with Crippen molar-refractivity contribution in [2.45, 2.75) is 20.0 Å². The van der Waals surface area contributed by atoms with Crippen LogP contribution >= 0.6 is 11.6 Å². The van der Waals surface area contributed by atoms with Crippen LogP contribution in [0.25, 0.3) is 0 Å². The molecule has 0 spiro atoms. The number of halogens is 1. The standard InChI is InChI=1S/C8H9ClN2O3/c1-5(2)14-8-3-6(9)7(4-10-8)11(12)13/h3-5H,1-2H3. The number of hydrogen-bond donors (Lipinski definition) is 0. The highest BCUT2D eigenvalue weighted by Gasteiger charge is 2.14. The first kappa shape index (κ1) is 10.7. The first-order valence-corrected chi connectivity index (χ1v) is 4.35. The first-order valence-electron chi connectivity index (χ1n) is 3.97. The molecule has 0 amide bonds. The van der Waals surface area contributed by atoms with Gasteiger partial charge in [-0.25, -0.2) is 4.98 Å². The molecule has 76 valence electrons. The maximum Gasteiger partial charge on any atom is 0.306 e. The minimum Gasteiger partial charge on any atom is -0.475 e. The summed E-state index contributed by atoms with van der Waals surface area (Å²) in [6.45, 7) is 3.66. The molecule has 0 aliphatic rings. The molecule has 6 heteroatoms. The molecule has 0 aromatic carbocycles. The molecule has 0 N–H and O–H groups in total. The smallest absolute Gasteiger partial charge is 0.306 e. The molecule has 0 saturated carbocycles. The number of pyridine rings is 1. The molecule has 0 unspecified atom stereocenters. The van der Waals surface area contributed by atoms with Crippen molar-refractivity contribution in [1.29, 1.82) is 0 Å². The Balaban J connectivity index is 2.94. The van der Waals surface area contributed by atoms with E-state index in [4.69, 9.17) is 16.3 Å². The number of nitro groups is 1. The van der Waals surface area contributed by atoms with Crippen LogP contribution in [0.15, 0.2) is 12.3 Å². The summed E-state index contributed by atoms with van der Waals surface area (Å²) in [6.07, 6.45) is 1.04. The van der Waals surface area contributed by atoms with Gasteiger partial charge in [-0.15, -0.1) is 0 Å². The Labute approximate surface area is 85.8 Å². The summed E-state index contributed by atoms with van der Waals surface area (Å²) in [7, 11) is 0. The average molecular weight is 217 g/mol. The molecular weight excluding hydrogens is 208 g/mol. The number of rotatable bonds is 3. The fraction of sp³-hybridized carbons (Fsp3) is 0.375. The number of nitrogens with zero attached hydrogens (tertiary/aromatic N) is 2. The lowest BCUT2D eigenvalue weighted by molar-refractivity contribution is -0.385. The van der Waals surface area contributed by atoms with Gasteiger partial charge in [0.15, 0.2) is 0 Å². The Morgan fingerprint density at radius 1 is 1.64 bits per heavy atom. The van der Waals surface area contributed by atoms with Crippen LogP contribution in [-0.2, 0) is 0 Å². The second-order valence-electron chi connectivity index (χ2n) is 2.90. The van der Waals surface area contributed by atoms with E-state index >= 15 is 0 Å². The zero-order chi connectivity index (χ0) is 10.7. The number of hydrogen-bond acceptors (Lipinski definition) is 4. The first-order chi connectivity index (χ1) is 6.50. The Morgan fingerprint density at radius 3 is 2.71 bits per heavy atom. The van der Waals surface area contributed by atoms with E-state index in [2.05, 4.69) is 4.98 Å². The van der Waals surface area contributed by atoms with Crippen molar-refractivity contribution in [3.8, 4) is 5.88 Å². The molecule has 0 atom stereocenters. The van der Waals surface area contributed by atoms with E-state index in [0.29, 0.717) is 0 Å². The SMILES string of the molecule is CC(C)Oc1cc(Cl)c([N+](=O)[O-])cn1. The minimum atomic E-state index is -0.589. The van der Waals surface area contributed by atoms with Crippen LogP contribution in [0, 0.1) is 10.1 Å². The van der Waals surface area contributed by atoms with Gasteiger partial charge in [0.1, 0.15) is 11.2 Å². The average Bonchev–Trinajstić information content (AvgIpc) is 2.01. The van der Waals surface area contributed by atoms with Crippen LogP contribution in [0.5, 0.6) is 5.88 Å². The molecule has 5 nitrogen and oxygen atoms in total. The predicted molar refractivity (Wildman–Crippen MR) is 51.7 cm³/mol.